The lowest BCUT2D eigenvalue weighted by molar-refractivity contribution is 0.350. The van der Waals surface area contributed by atoms with Crippen LogP contribution in [0.5, 0.6) is 0 Å². The van der Waals surface area contributed by atoms with E-state index in [1.165, 1.54) is 28.2 Å². The fourth-order valence-electron chi connectivity index (χ4n) is 1.93. The zero-order valence-electron chi connectivity index (χ0n) is 11.7. The van der Waals surface area contributed by atoms with Crippen molar-refractivity contribution < 1.29 is 5.11 Å². The Labute approximate surface area is 126 Å². The van der Waals surface area contributed by atoms with E-state index in [4.69, 9.17) is 5.11 Å². The largest absolute Gasteiger partial charge is 0.384 e. The number of hydrogen-bond donors (Lipinski definition) is 1. The zero-order valence-corrected chi connectivity index (χ0v) is 12.5. The first-order valence-corrected chi connectivity index (χ1v) is 7.46. The summed E-state index contributed by atoms with van der Waals surface area (Å²) in [5, 5.41) is 8.66. The van der Waals surface area contributed by atoms with Crippen molar-refractivity contribution in [2.75, 3.05) is 6.61 Å². The average molecular weight is 304 g/mol. The number of hydrogen-bond acceptors (Lipinski definition) is 4. The molecule has 2 heterocycles. The molecule has 0 radical (unpaired) electrons. The highest BCUT2D eigenvalue weighted by Gasteiger charge is 2.07. The molecule has 0 aromatic carbocycles. The summed E-state index contributed by atoms with van der Waals surface area (Å²) in [6.07, 6.45) is 2.37. The Balaban J connectivity index is 2.31. The summed E-state index contributed by atoms with van der Waals surface area (Å²) < 4.78 is 2.77. The third kappa shape index (κ3) is 3.72. The molecule has 0 bridgehead atoms. The first-order valence-electron chi connectivity index (χ1n) is 6.64. The van der Waals surface area contributed by atoms with Crippen LogP contribution in [0.1, 0.15) is 23.1 Å². The van der Waals surface area contributed by atoms with Gasteiger partial charge in [-0.1, -0.05) is 18.8 Å². The van der Waals surface area contributed by atoms with Crippen LogP contribution < -0.4 is 11.2 Å². The SMILES string of the molecule is CCCn1ccc(=O)n(Cc2ccc(C#CCO)s2)c1=O. The van der Waals surface area contributed by atoms with Crippen LogP contribution in [0.25, 0.3) is 0 Å². The fourth-order valence-corrected chi connectivity index (χ4v) is 2.80. The third-order valence-electron chi connectivity index (χ3n) is 2.87. The quantitative estimate of drug-likeness (QED) is 0.853. The lowest BCUT2D eigenvalue weighted by Gasteiger charge is -2.07. The molecular weight excluding hydrogens is 288 g/mol. The second-order valence-corrected chi connectivity index (χ2v) is 5.61. The van der Waals surface area contributed by atoms with E-state index in [0.29, 0.717) is 6.54 Å². The Morgan fingerprint density at radius 1 is 1.29 bits per heavy atom. The Morgan fingerprint density at radius 3 is 2.81 bits per heavy atom. The van der Waals surface area contributed by atoms with E-state index in [2.05, 4.69) is 11.8 Å². The molecule has 0 saturated carbocycles. The summed E-state index contributed by atoms with van der Waals surface area (Å²) in [7, 11) is 0. The second kappa shape index (κ2) is 7.07. The molecule has 0 unspecified atom stereocenters. The molecule has 2 rings (SSSR count). The monoisotopic (exact) mass is 304 g/mol. The predicted octanol–water partition coefficient (Wildman–Crippen LogP) is 0.874. The molecule has 0 saturated heterocycles. The van der Waals surface area contributed by atoms with E-state index in [1.54, 1.807) is 4.57 Å². The van der Waals surface area contributed by atoms with Crippen LogP contribution in [0.15, 0.2) is 34.0 Å². The minimum atomic E-state index is -0.302. The molecule has 21 heavy (non-hydrogen) atoms. The van der Waals surface area contributed by atoms with Crippen LogP contribution in [-0.4, -0.2) is 20.8 Å². The summed E-state index contributed by atoms with van der Waals surface area (Å²) in [6.45, 7) is 2.63. The number of aromatic nitrogens is 2. The summed E-state index contributed by atoms with van der Waals surface area (Å²) in [4.78, 5) is 25.8. The topological polar surface area (TPSA) is 64.2 Å². The zero-order chi connectivity index (χ0) is 15.2. The van der Waals surface area contributed by atoms with Crippen molar-refractivity contribution in [1.82, 2.24) is 9.13 Å². The molecule has 0 atom stereocenters. The summed E-state index contributed by atoms with van der Waals surface area (Å²) in [5.41, 5.74) is -0.593. The van der Waals surface area contributed by atoms with Crippen LogP contribution >= 0.6 is 11.3 Å². The Kier molecular flexibility index (Phi) is 5.14. The van der Waals surface area contributed by atoms with Crippen molar-refractivity contribution in [3.8, 4) is 11.8 Å². The van der Waals surface area contributed by atoms with E-state index in [9.17, 15) is 9.59 Å². The predicted molar refractivity (Wildman–Crippen MR) is 82.6 cm³/mol. The van der Waals surface area contributed by atoms with Gasteiger partial charge in [0, 0.05) is 23.7 Å². The van der Waals surface area contributed by atoms with Gasteiger partial charge in [-0.05, 0) is 18.6 Å². The molecule has 0 aliphatic rings. The van der Waals surface area contributed by atoms with Gasteiger partial charge in [0.1, 0.15) is 6.61 Å². The van der Waals surface area contributed by atoms with Gasteiger partial charge in [-0.25, -0.2) is 4.79 Å². The van der Waals surface area contributed by atoms with Gasteiger partial charge in [0.2, 0.25) is 0 Å². The molecule has 5 nitrogen and oxygen atoms in total. The van der Waals surface area contributed by atoms with Crippen molar-refractivity contribution in [2.45, 2.75) is 26.4 Å². The van der Waals surface area contributed by atoms with Crippen molar-refractivity contribution in [3.63, 3.8) is 0 Å². The van der Waals surface area contributed by atoms with Crippen LogP contribution in [0, 0.1) is 11.8 Å². The molecule has 0 spiro atoms. The lowest BCUT2D eigenvalue weighted by Crippen LogP contribution is -2.39. The smallest absolute Gasteiger partial charge is 0.331 e. The highest BCUT2D eigenvalue weighted by atomic mass is 32.1. The summed E-state index contributed by atoms with van der Waals surface area (Å²) in [5.74, 6) is 5.38. The van der Waals surface area contributed by atoms with Crippen molar-refractivity contribution in [3.05, 3.63) is 55.0 Å². The van der Waals surface area contributed by atoms with Gasteiger partial charge in [-0.2, -0.15) is 0 Å². The first kappa shape index (κ1) is 15.3. The second-order valence-electron chi connectivity index (χ2n) is 4.44. The normalized spacial score (nSPS) is 10.2. The van der Waals surface area contributed by atoms with Crippen LogP contribution in [0.4, 0.5) is 0 Å². The third-order valence-corrected chi connectivity index (χ3v) is 3.86. The van der Waals surface area contributed by atoms with Gasteiger partial charge in [-0.15, -0.1) is 11.3 Å². The summed E-state index contributed by atoms with van der Waals surface area (Å²) in [6, 6.07) is 5.08. The Hall–Kier alpha value is -2.10. The minimum Gasteiger partial charge on any atom is -0.384 e. The molecule has 1 N–H and O–H groups in total. The number of thiophene rings is 1. The summed E-state index contributed by atoms with van der Waals surface area (Å²) >= 11 is 1.41. The standard InChI is InChI=1S/C15H16N2O3S/c1-2-8-16-9-7-14(19)17(15(16)20)11-13-6-5-12(21-13)4-3-10-18/h5-7,9,18H,2,8,10-11H2,1H3. The molecular formula is C15H16N2O3S. The maximum atomic E-state index is 12.2. The number of aliphatic hydroxyl groups excluding tert-OH is 1. The van der Waals surface area contributed by atoms with Gasteiger partial charge in [0.05, 0.1) is 11.4 Å². The molecule has 2 aromatic heterocycles. The van der Waals surface area contributed by atoms with Crippen LogP contribution in [-0.2, 0) is 13.1 Å². The highest BCUT2D eigenvalue weighted by Crippen LogP contribution is 2.15. The maximum absolute atomic E-state index is 12.2. The fraction of sp³-hybridized carbons (Fsp3) is 0.333. The molecule has 0 aliphatic carbocycles. The Morgan fingerprint density at radius 2 is 2.10 bits per heavy atom. The van der Waals surface area contributed by atoms with Gasteiger partial charge < -0.3 is 9.67 Å². The van der Waals surface area contributed by atoms with Crippen LogP contribution in [0.2, 0.25) is 0 Å². The molecule has 0 fully saturated rings. The number of aliphatic hydroxyl groups is 1. The van der Waals surface area contributed by atoms with E-state index in [1.807, 2.05) is 19.1 Å². The van der Waals surface area contributed by atoms with Crippen LogP contribution in [0.3, 0.4) is 0 Å². The van der Waals surface area contributed by atoms with E-state index >= 15 is 0 Å². The minimum absolute atomic E-state index is 0.187. The van der Waals surface area contributed by atoms with Crippen molar-refractivity contribution in [2.24, 2.45) is 0 Å². The average Bonchev–Trinajstić information content (AvgIpc) is 2.92. The van der Waals surface area contributed by atoms with Gasteiger partial charge >= 0.3 is 5.69 Å². The molecule has 6 heteroatoms. The van der Waals surface area contributed by atoms with Crippen molar-refractivity contribution >= 4 is 11.3 Å². The van der Waals surface area contributed by atoms with Gasteiger partial charge in [0.15, 0.2) is 0 Å². The first-order chi connectivity index (χ1) is 10.2. The van der Waals surface area contributed by atoms with Gasteiger partial charge in [-0.3, -0.25) is 9.36 Å². The number of rotatable bonds is 4. The van der Waals surface area contributed by atoms with Crippen molar-refractivity contribution in [1.29, 1.82) is 0 Å². The molecule has 2 aromatic rings. The lowest BCUT2D eigenvalue weighted by atomic mass is 10.4. The maximum Gasteiger partial charge on any atom is 0.331 e. The van der Waals surface area contributed by atoms with E-state index in [-0.39, 0.29) is 24.4 Å². The number of aryl methyl sites for hydroxylation is 1. The van der Waals surface area contributed by atoms with E-state index < -0.39 is 0 Å². The number of nitrogens with zero attached hydrogens (tertiary/aromatic N) is 2. The van der Waals surface area contributed by atoms with E-state index in [0.717, 1.165) is 16.2 Å². The molecule has 110 valence electrons. The molecule has 0 aliphatic heterocycles. The Bertz CT molecular complexity index is 789. The van der Waals surface area contributed by atoms with Gasteiger partial charge in [0.25, 0.3) is 5.56 Å². The highest BCUT2D eigenvalue weighted by molar-refractivity contribution is 7.12. The molecule has 0 amide bonds.